The zero-order valence-corrected chi connectivity index (χ0v) is 19.2. The standard InChI is InChI=1S/C27H24N2O4S/c30-27(29-26-11-5-4-9-23(26)19-22-7-2-1-3-8-22)17-14-21-12-15-25(16-13-21)34(31,32)28-20-24-10-6-18-33-24/h1-18,28H,19-20H2,(H,29,30)/b17-14+. The normalized spacial score (nSPS) is 11.5. The highest BCUT2D eigenvalue weighted by Gasteiger charge is 2.14. The molecule has 1 aromatic heterocycles. The third-order valence-electron chi connectivity index (χ3n) is 5.15. The second-order valence-corrected chi connectivity index (χ2v) is 9.38. The van der Waals surface area contributed by atoms with E-state index in [1.165, 1.54) is 24.5 Å². The first-order valence-electron chi connectivity index (χ1n) is 10.7. The van der Waals surface area contributed by atoms with Crippen LogP contribution in [0.15, 0.2) is 113 Å². The summed E-state index contributed by atoms with van der Waals surface area (Å²) in [4.78, 5) is 12.6. The van der Waals surface area contributed by atoms with Crippen LogP contribution in [0.5, 0.6) is 0 Å². The van der Waals surface area contributed by atoms with Gasteiger partial charge in [-0.15, -0.1) is 0 Å². The van der Waals surface area contributed by atoms with Crippen molar-refractivity contribution in [2.75, 3.05) is 5.32 Å². The van der Waals surface area contributed by atoms with Crippen LogP contribution in [0.4, 0.5) is 5.69 Å². The number of amides is 1. The highest BCUT2D eigenvalue weighted by Crippen LogP contribution is 2.19. The van der Waals surface area contributed by atoms with Crippen LogP contribution in [-0.4, -0.2) is 14.3 Å². The average Bonchev–Trinajstić information content (AvgIpc) is 3.38. The van der Waals surface area contributed by atoms with Crippen LogP contribution in [0.2, 0.25) is 0 Å². The van der Waals surface area contributed by atoms with Crippen molar-refractivity contribution in [3.8, 4) is 0 Å². The average molecular weight is 473 g/mol. The summed E-state index contributed by atoms with van der Waals surface area (Å²) in [5, 5.41) is 2.93. The summed E-state index contributed by atoms with van der Waals surface area (Å²) in [5.41, 5.74) is 3.64. The van der Waals surface area contributed by atoms with Crippen LogP contribution in [0.1, 0.15) is 22.5 Å². The van der Waals surface area contributed by atoms with E-state index in [1.807, 2.05) is 42.5 Å². The predicted octanol–water partition coefficient (Wildman–Crippen LogP) is 5.00. The van der Waals surface area contributed by atoms with Crippen molar-refractivity contribution in [2.24, 2.45) is 0 Å². The van der Waals surface area contributed by atoms with Crippen molar-refractivity contribution in [3.63, 3.8) is 0 Å². The lowest BCUT2D eigenvalue weighted by molar-refractivity contribution is -0.111. The Bertz CT molecular complexity index is 1360. The van der Waals surface area contributed by atoms with Gasteiger partial charge in [-0.3, -0.25) is 4.79 Å². The molecular formula is C27H24N2O4S. The van der Waals surface area contributed by atoms with E-state index in [0.717, 1.165) is 16.8 Å². The molecule has 4 rings (SSSR count). The molecule has 0 aliphatic carbocycles. The van der Waals surface area contributed by atoms with E-state index in [9.17, 15) is 13.2 Å². The van der Waals surface area contributed by atoms with E-state index >= 15 is 0 Å². The van der Waals surface area contributed by atoms with Gasteiger partial charge in [0.2, 0.25) is 15.9 Å². The van der Waals surface area contributed by atoms with Crippen LogP contribution < -0.4 is 10.0 Å². The van der Waals surface area contributed by atoms with Crippen molar-refractivity contribution in [1.82, 2.24) is 4.72 Å². The van der Waals surface area contributed by atoms with Crippen LogP contribution in [0.3, 0.4) is 0 Å². The number of benzene rings is 3. The number of rotatable bonds is 9. The Morgan fingerprint density at radius 2 is 1.59 bits per heavy atom. The highest BCUT2D eigenvalue weighted by atomic mass is 32.2. The summed E-state index contributed by atoms with van der Waals surface area (Å²) in [7, 11) is -3.67. The fraction of sp³-hybridized carbons (Fsp3) is 0.0741. The topological polar surface area (TPSA) is 88.4 Å². The Hall–Kier alpha value is -3.94. The lowest BCUT2D eigenvalue weighted by Crippen LogP contribution is -2.22. The summed E-state index contributed by atoms with van der Waals surface area (Å²) in [6.07, 6.45) is 5.27. The highest BCUT2D eigenvalue weighted by molar-refractivity contribution is 7.89. The molecule has 0 bridgehead atoms. The summed E-state index contributed by atoms with van der Waals surface area (Å²) in [5.74, 6) is 0.261. The molecule has 4 aromatic rings. The number of nitrogens with one attached hydrogen (secondary N) is 2. The molecule has 0 spiro atoms. The summed E-state index contributed by atoms with van der Waals surface area (Å²) < 4.78 is 32.5. The van der Waals surface area contributed by atoms with Gasteiger partial charge < -0.3 is 9.73 Å². The van der Waals surface area contributed by atoms with Gasteiger partial charge in [0.15, 0.2) is 0 Å². The van der Waals surface area contributed by atoms with Crippen molar-refractivity contribution >= 4 is 27.7 Å². The SMILES string of the molecule is O=C(/C=C/c1ccc(S(=O)(=O)NCc2ccco2)cc1)Nc1ccccc1Cc1ccccc1. The summed E-state index contributed by atoms with van der Waals surface area (Å²) >= 11 is 0. The molecule has 0 aliphatic heterocycles. The molecule has 1 heterocycles. The van der Waals surface area contributed by atoms with E-state index < -0.39 is 10.0 Å². The fourth-order valence-electron chi connectivity index (χ4n) is 3.38. The molecule has 2 N–H and O–H groups in total. The first-order valence-corrected chi connectivity index (χ1v) is 12.2. The minimum absolute atomic E-state index is 0.0723. The monoisotopic (exact) mass is 472 g/mol. The zero-order chi connectivity index (χ0) is 23.8. The van der Waals surface area contributed by atoms with Gasteiger partial charge in [-0.2, -0.15) is 0 Å². The zero-order valence-electron chi connectivity index (χ0n) is 18.3. The Balaban J connectivity index is 1.37. The van der Waals surface area contributed by atoms with Gasteiger partial charge in [-0.25, -0.2) is 13.1 Å². The number of hydrogen-bond acceptors (Lipinski definition) is 4. The van der Waals surface area contributed by atoms with E-state index in [4.69, 9.17) is 4.42 Å². The summed E-state index contributed by atoms with van der Waals surface area (Å²) in [6, 6.07) is 27.4. The molecule has 3 aromatic carbocycles. The number of carbonyl (C=O) groups excluding carboxylic acids is 1. The van der Waals surface area contributed by atoms with Crippen LogP contribution in [0, 0.1) is 0 Å². The van der Waals surface area contributed by atoms with Gasteiger partial charge in [0.1, 0.15) is 5.76 Å². The lowest BCUT2D eigenvalue weighted by atomic mass is 10.0. The minimum Gasteiger partial charge on any atom is -0.468 e. The van der Waals surface area contributed by atoms with E-state index in [0.29, 0.717) is 17.7 Å². The van der Waals surface area contributed by atoms with Crippen molar-refractivity contribution in [2.45, 2.75) is 17.9 Å². The van der Waals surface area contributed by atoms with E-state index in [-0.39, 0.29) is 17.3 Å². The van der Waals surface area contributed by atoms with Crippen LogP contribution in [-0.2, 0) is 27.8 Å². The maximum atomic E-state index is 12.5. The number of anilines is 1. The molecule has 34 heavy (non-hydrogen) atoms. The smallest absolute Gasteiger partial charge is 0.248 e. The number of furan rings is 1. The largest absolute Gasteiger partial charge is 0.468 e. The number of sulfonamides is 1. The van der Waals surface area contributed by atoms with Crippen LogP contribution >= 0.6 is 0 Å². The number of para-hydroxylation sites is 1. The van der Waals surface area contributed by atoms with Gasteiger partial charge in [0, 0.05) is 11.8 Å². The molecule has 0 saturated carbocycles. The van der Waals surface area contributed by atoms with E-state index in [1.54, 1.807) is 30.3 Å². The molecule has 0 fully saturated rings. The van der Waals surface area contributed by atoms with Gasteiger partial charge in [-0.1, -0.05) is 60.7 Å². The molecule has 0 unspecified atom stereocenters. The van der Waals surface area contributed by atoms with Gasteiger partial charge >= 0.3 is 0 Å². The van der Waals surface area contributed by atoms with Gasteiger partial charge in [0.05, 0.1) is 17.7 Å². The third kappa shape index (κ3) is 6.31. The van der Waals surface area contributed by atoms with Gasteiger partial charge in [0.25, 0.3) is 0 Å². The molecule has 172 valence electrons. The second kappa shape index (κ2) is 10.8. The summed E-state index contributed by atoms with van der Waals surface area (Å²) in [6.45, 7) is 0.0723. The van der Waals surface area contributed by atoms with E-state index in [2.05, 4.69) is 22.2 Å². The van der Waals surface area contributed by atoms with Crippen molar-refractivity contribution in [3.05, 3.63) is 126 Å². The Labute approximate surface area is 199 Å². The molecule has 0 radical (unpaired) electrons. The molecule has 6 nitrogen and oxygen atoms in total. The minimum atomic E-state index is -3.67. The molecule has 7 heteroatoms. The van der Waals surface area contributed by atoms with Crippen LogP contribution in [0.25, 0.3) is 6.08 Å². The van der Waals surface area contributed by atoms with Crippen molar-refractivity contribution < 1.29 is 17.6 Å². The van der Waals surface area contributed by atoms with Gasteiger partial charge in [-0.05, 0) is 59.5 Å². The quantitative estimate of drug-likeness (QED) is 0.336. The maximum Gasteiger partial charge on any atom is 0.248 e. The van der Waals surface area contributed by atoms with Crippen molar-refractivity contribution in [1.29, 1.82) is 0 Å². The number of carbonyl (C=O) groups is 1. The first-order chi connectivity index (χ1) is 16.5. The first kappa shape index (κ1) is 23.2. The molecule has 0 saturated heterocycles. The lowest BCUT2D eigenvalue weighted by Gasteiger charge is -2.10. The molecule has 1 amide bonds. The number of hydrogen-bond donors (Lipinski definition) is 2. The molecular weight excluding hydrogens is 448 g/mol. The third-order valence-corrected chi connectivity index (χ3v) is 6.56. The Kier molecular flexibility index (Phi) is 7.37. The maximum absolute atomic E-state index is 12.5. The Morgan fingerprint density at radius 1 is 0.853 bits per heavy atom. The fourth-order valence-corrected chi connectivity index (χ4v) is 4.37. The molecule has 0 aliphatic rings. The Morgan fingerprint density at radius 3 is 2.32 bits per heavy atom. The second-order valence-electron chi connectivity index (χ2n) is 7.62. The molecule has 0 atom stereocenters. The predicted molar refractivity (Wildman–Crippen MR) is 133 cm³/mol.